The minimum absolute atomic E-state index is 0.134. The molecule has 0 aliphatic carbocycles. The molecule has 0 saturated carbocycles. The number of anilines is 2. The van der Waals surface area contributed by atoms with Crippen LogP contribution in [0.15, 0.2) is 42.6 Å². The van der Waals surface area contributed by atoms with Crippen LogP contribution < -0.4 is 10.6 Å². The van der Waals surface area contributed by atoms with E-state index in [4.69, 9.17) is 0 Å². The van der Waals surface area contributed by atoms with Crippen LogP contribution in [-0.4, -0.2) is 16.8 Å². The average molecular weight is 323 g/mol. The summed E-state index contributed by atoms with van der Waals surface area (Å²) < 4.78 is 38.5. The number of amides is 2. The second-order valence-electron chi connectivity index (χ2n) is 4.67. The summed E-state index contributed by atoms with van der Waals surface area (Å²) in [6.45, 7) is 1.76. The van der Waals surface area contributed by atoms with Crippen molar-refractivity contribution in [1.82, 2.24) is 4.98 Å². The van der Waals surface area contributed by atoms with Gasteiger partial charge in [0.15, 0.2) is 0 Å². The van der Waals surface area contributed by atoms with Gasteiger partial charge in [-0.25, -0.2) is 4.98 Å². The number of hydrogen-bond donors (Lipinski definition) is 2. The molecular formula is C15H12F3N3O2. The Labute approximate surface area is 129 Å². The topological polar surface area (TPSA) is 71.1 Å². The molecule has 0 saturated heterocycles. The monoisotopic (exact) mass is 323 g/mol. The van der Waals surface area contributed by atoms with Gasteiger partial charge in [0, 0.05) is 6.20 Å². The van der Waals surface area contributed by atoms with Crippen molar-refractivity contribution >= 4 is 23.3 Å². The fraction of sp³-hybridized carbons (Fsp3) is 0.133. The Hall–Kier alpha value is -2.90. The number of carbonyl (C=O) groups is 2. The Morgan fingerprint density at radius 3 is 2.35 bits per heavy atom. The number of benzene rings is 1. The lowest BCUT2D eigenvalue weighted by atomic mass is 10.1. The van der Waals surface area contributed by atoms with Crippen LogP contribution in [0.3, 0.4) is 0 Å². The molecule has 2 aromatic rings. The van der Waals surface area contributed by atoms with E-state index in [0.717, 1.165) is 17.7 Å². The Kier molecular flexibility index (Phi) is 4.63. The first-order valence-corrected chi connectivity index (χ1v) is 6.48. The molecule has 1 aromatic carbocycles. The van der Waals surface area contributed by atoms with Gasteiger partial charge in [0.2, 0.25) is 0 Å². The van der Waals surface area contributed by atoms with Crippen molar-refractivity contribution in [3.05, 3.63) is 53.7 Å². The van der Waals surface area contributed by atoms with Gasteiger partial charge >= 0.3 is 18.0 Å². The molecule has 0 unspecified atom stereocenters. The summed E-state index contributed by atoms with van der Waals surface area (Å²) in [5.74, 6) is -2.20. The maximum absolute atomic E-state index is 12.8. The number of halogens is 3. The van der Waals surface area contributed by atoms with E-state index in [1.165, 1.54) is 24.4 Å². The zero-order valence-electron chi connectivity index (χ0n) is 11.9. The van der Waals surface area contributed by atoms with E-state index in [9.17, 15) is 22.8 Å². The van der Waals surface area contributed by atoms with Crippen molar-refractivity contribution in [2.75, 3.05) is 10.6 Å². The molecular weight excluding hydrogens is 311 g/mol. The molecule has 0 aliphatic heterocycles. The zero-order valence-corrected chi connectivity index (χ0v) is 11.9. The van der Waals surface area contributed by atoms with Crippen LogP contribution in [0.5, 0.6) is 0 Å². The van der Waals surface area contributed by atoms with Crippen molar-refractivity contribution in [3.8, 4) is 0 Å². The number of aryl methyl sites for hydroxylation is 1. The van der Waals surface area contributed by atoms with E-state index in [2.05, 4.69) is 10.3 Å². The summed E-state index contributed by atoms with van der Waals surface area (Å²) in [6, 6.07) is 7.61. The molecule has 120 valence electrons. The Morgan fingerprint density at radius 1 is 1.04 bits per heavy atom. The summed E-state index contributed by atoms with van der Waals surface area (Å²) in [4.78, 5) is 27.3. The lowest BCUT2D eigenvalue weighted by molar-refractivity contribution is -0.137. The number of nitrogens with one attached hydrogen (secondary N) is 2. The molecule has 0 atom stereocenters. The van der Waals surface area contributed by atoms with E-state index in [1.54, 1.807) is 13.0 Å². The highest BCUT2D eigenvalue weighted by Crippen LogP contribution is 2.34. The highest BCUT2D eigenvalue weighted by Gasteiger charge is 2.34. The minimum atomic E-state index is -4.64. The second kappa shape index (κ2) is 6.47. The van der Waals surface area contributed by atoms with Crippen LogP contribution in [0.25, 0.3) is 0 Å². The molecule has 23 heavy (non-hydrogen) atoms. The van der Waals surface area contributed by atoms with Gasteiger partial charge in [-0.15, -0.1) is 0 Å². The molecule has 1 aromatic heterocycles. The van der Waals surface area contributed by atoms with E-state index < -0.39 is 29.2 Å². The van der Waals surface area contributed by atoms with E-state index in [0.29, 0.717) is 0 Å². The lowest BCUT2D eigenvalue weighted by Crippen LogP contribution is -2.30. The van der Waals surface area contributed by atoms with E-state index in [1.807, 2.05) is 5.32 Å². The summed E-state index contributed by atoms with van der Waals surface area (Å²) in [6.07, 6.45) is -3.21. The largest absolute Gasteiger partial charge is 0.418 e. The third-order valence-corrected chi connectivity index (χ3v) is 2.84. The van der Waals surface area contributed by atoms with Gasteiger partial charge in [-0.3, -0.25) is 9.59 Å². The summed E-state index contributed by atoms with van der Waals surface area (Å²) in [7, 11) is 0. The molecule has 0 aliphatic rings. The van der Waals surface area contributed by atoms with Crippen LogP contribution in [0.2, 0.25) is 0 Å². The minimum Gasteiger partial charge on any atom is -0.317 e. The van der Waals surface area contributed by atoms with Crippen LogP contribution in [-0.2, 0) is 15.8 Å². The normalized spacial score (nSPS) is 11.0. The number of carbonyl (C=O) groups excluding carboxylic acids is 2. The molecule has 8 heteroatoms. The first kappa shape index (κ1) is 16.5. The number of para-hydroxylation sites is 1. The molecule has 0 fully saturated rings. The summed E-state index contributed by atoms with van der Waals surface area (Å²) in [5, 5.41) is 4.17. The molecule has 2 rings (SSSR count). The summed E-state index contributed by atoms with van der Waals surface area (Å²) >= 11 is 0. The smallest absolute Gasteiger partial charge is 0.317 e. The third kappa shape index (κ3) is 4.29. The molecule has 2 N–H and O–H groups in total. The first-order chi connectivity index (χ1) is 10.8. The number of pyridine rings is 1. The van der Waals surface area contributed by atoms with Crippen molar-refractivity contribution in [2.45, 2.75) is 13.1 Å². The SMILES string of the molecule is Cc1ccnc(NC(=O)C(=O)Nc2ccccc2C(F)(F)F)c1. The van der Waals surface area contributed by atoms with Gasteiger partial charge in [-0.1, -0.05) is 12.1 Å². The molecule has 1 heterocycles. The lowest BCUT2D eigenvalue weighted by Gasteiger charge is -2.13. The number of nitrogens with zero attached hydrogens (tertiary/aromatic N) is 1. The number of hydrogen-bond acceptors (Lipinski definition) is 3. The second-order valence-corrected chi connectivity index (χ2v) is 4.67. The predicted octanol–water partition coefficient (Wildman–Crippen LogP) is 2.99. The fourth-order valence-corrected chi connectivity index (χ4v) is 1.80. The maximum Gasteiger partial charge on any atom is 0.418 e. The molecule has 2 amide bonds. The van der Waals surface area contributed by atoms with Crippen molar-refractivity contribution in [3.63, 3.8) is 0 Å². The summed E-state index contributed by atoms with van der Waals surface area (Å²) in [5.41, 5.74) is -0.717. The van der Waals surface area contributed by atoms with Crippen molar-refractivity contribution in [2.24, 2.45) is 0 Å². The molecule has 0 spiro atoms. The van der Waals surface area contributed by atoms with Gasteiger partial charge in [-0.05, 0) is 36.8 Å². The van der Waals surface area contributed by atoms with E-state index >= 15 is 0 Å². The van der Waals surface area contributed by atoms with Crippen molar-refractivity contribution in [1.29, 1.82) is 0 Å². The maximum atomic E-state index is 12.8. The molecule has 5 nitrogen and oxygen atoms in total. The van der Waals surface area contributed by atoms with Crippen LogP contribution in [0.4, 0.5) is 24.7 Å². The van der Waals surface area contributed by atoms with Crippen LogP contribution in [0, 0.1) is 6.92 Å². The molecule has 0 radical (unpaired) electrons. The van der Waals surface area contributed by atoms with Gasteiger partial charge in [0.25, 0.3) is 0 Å². The first-order valence-electron chi connectivity index (χ1n) is 6.48. The van der Waals surface area contributed by atoms with Crippen molar-refractivity contribution < 1.29 is 22.8 Å². The number of aromatic nitrogens is 1. The van der Waals surface area contributed by atoms with Gasteiger partial charge in [0.1, 0.15) is 5.82 Å². The number of rotatable bonds is 2. The number of alkyl halides is 3. The standard InChI is InChI=1S/C15H12F3N3O2/c1-9-6-7-19-12(8-9)21-14(23)13(22)20-11-5-3-2-4-10(11)15(16,17)18/h2-8H,1H3,(H,20,22)(H,19,21,23). The van der Waals surface area contributed by atoms with Gasteiger partial charge < -0.3 is 10.6 Å². The Morgan fingerprint density at radius 2 is 1.70 bits per heavy atom. The highest BCUT2D eigenvalue weighted by atomic mass is 19.4. The highest BCUT2D eigenvalue weighted by molar-refractivity contribution is 6.43. The fourth-order valence-electron chi connectivity index (χ4n) is 1.80. The van der Waals surface area contributed by atoms with Gasteiger partial charge in [-0.2, -0.15) is 13.2 Å². The van der Waals surface area contributed by atoms with E-state index in [-0.39, 0.29) is 5.82 Å². The predicted molar refractivity (Wildman–Crippen MR) is 77.7 cm³/mol. The third-order valence-electron chi connectivity index (χ3n) is 2.84. The Bertz CT molecular complexity index is 745. The average Bonchev–Trinajstić information content (AvgIpc) is 2.46. The van der Waals surface area contributed by atoms with Gasteiger partial charge in [0.05, 0.1) is 11.3 Å². The Balaban J connectivity index is 2.12. The zero-order chi connectivity index (χ0) is 17.0. The van der Waals surface area contributed by atoms with Crippen LogP contribution >= 0.6 is 0 Å². The van der Waals surface area contributed by atoms with Crippen LogP contribution in [0.1, 0.15) is 11.1 Å². The quantitative estimate of drug-likeness (QED) is 0.835. The molecule has 0 bridgehead atoms.